The molecule has 112 valence electrons. The van der Waals surface area contributed by atoms with E-state index in [1.165, 1.54) is 0 Å². The highest BCUT2D eigenvalue weighted by Crippen LogP contribution is 2.29. The van der Waals surface area contributed by atoms with Gasteiger partial charge in [-0.25, -0.2) is 0 Å². The van der Waals surface area contributed by atoms with Crippen molar-refractivity contribution in [2.24, 2.45) is 11.5 Å². The third-order valence-electron chi connectivity index (χ3n) is 3.25. The number of hydrogen-bond acceptors (Lipinski definition) is 3. The quantitative estimate of drug-likeness (QED) is 0.856. The van der Waals surface area contributed by atoms with E-state index in [-0.39, 0.29) is 12.1 Å². The molecule has 0 aliphatic carbocycles. The van der Waals surface area contributed by atoms with Crippen molar-refractivity contribution in [2.75, 3.05) is 0 Å². The number of nitrogens with two attached hydrogens (primary N) is 2. The summed E-state index contributed by atoms with van der Waals surface area (Å²) in [5.74, 6) is 1.74. The highest BCUT2D eigenvalue weighted by atomic mass is 16.5. The molecule has 2 atom stereocenters. The Balaban J connectivity index is 2.26. The van der Waals surface area contributed by atoms with E-state index in [1.54, 1.807) is 0 Å². The zero-order valence-corrected chi connectivity index (χ0v) is 12.8. The van der Waals surface area contributed by atoms with Crippen molar-refractivity contribution in [3.8, 4) is 11.5 Å². The molecule has 2 aromatic carbocycles. The van der Waals surface area contributed by atoms with Crippen molar-refractivity contribution in [2.45, 2.75) is 38.8 Å². The lowest BCUT2D eigenvalue weighted by Crippen LogP contribution is -2.18. The molecule has 0 aromatic heterocycles. The average molecular weight is 284 g/mol. The molecule has 2 unspecified atom stereocenters. The van der Waals surface area contributed by atoms with Gasteiger partial charge in [0, 0.05) is 12.1 Å². The Morgan fingerprint density at radius 1 is 0.762 bits per heavy atom. The van der Waals surface area contributed by atoms with Crippen LogP contribution in [0.4, 0.5) is 0 Å². The van der Waals surface area contributed by atoms with E-state index in [0.717, 1.165) is 35.5 Å². The fourth-order valence-corrected chi connectivity index (χ4v) is 2.36. The molecule has 0 amide bonds. The minimum absolute atomic E-state index is 0.106. The molecule has 2 aromatic rings. The fourth-order valence-electron chi connectivity index (χ4n) is 2.36. The van der Waals surface area contributed by atoms with Gasteiger partial charge < -0.3 is 16.2 Å². The zero-order valence-electron chi connectivity index (χ0n) is 12.8. The lowest BCUT2D eigenvalue weighted by Gasteiger charge is -2.16. The third-order valence-corrected chi connectivity index (χ3v) is 3.25. The Bertz CT molecular complexity index is 527. The zero-order chi connectivity index (χ0) is 15.2. The first-order chi connectivity index (χ1) is 10.1. The number of para-hydroxylation sites is 2. The Hall–Kier alpha value is -1.84. The van der Waals surface area contributed by atoms with Gasteiger partial charge in [-0.2, -0.15) is 0 Å². The van der Waals surface area contributed by atoms with E-state index >= 15 is 0 Å². The van der Waals surface area contributed by atoms with Crippen LogP contribution in [0.1, 0.15) is 25.0 Å². The average Bonchev–Trinajstić information content (AvgIpc) is 2.42. The minimum atomic E-state index is 0.106. The van der Waals surface area contributed by atoms with Crippen LogP contribution in [0.25, 0.3) is 0 Å². The molecule has 0 saturated heterocycles. The Morgan fingerprint density at radius 3 is 1.52 bits per heavy atom. The topological polar surface area (TPSA) is 61.3 Å². The molecule has 0 aliphatic rings. The molecule has 3 heteroatoms. The molecule has 0 bridgehead atoms. The smallest absolute Gasteiger partial charge is 0.130 e. The van der Waals surface area contributed by atoms with Gasteiger partial charge in [-0.1, -0.05) is 36.4 Å². The first-order valence-electron chi connectivity index (χ1n) is 7.41. The lowest BCUT2D eigenvalue weighted by molar-refractivity contribution is 0.465. The van der Waals surface area contributed by atoms with E-state index in [0.29, 0.717) is 0 Å². The SMILES string of the molecule is CC(N)Cc1ccccc1Oc1ccccc1CC(C)N. The van der Waals surface area contributed by atoms with Crippen LogP contribution in [0, 0.1) is 0 Å². The summed E-state index contributed by atoms with van der Waals surface area (Å²) in [5, 5.41) is 0. The summed E-state index contributed by atoms with van der Waals surface area (Å²) in [5.41, 5.74) is 14.1. The normalized spacial score (nSPS) is 13.7. The van der Waals surface area contributed by atoms with Gasteiger partial charge in [0.05, 0.1) is 0 Å². The number of ether oxygens (including phenoxy) is 1. The second kappa shape index (κ2) is 7.25. The lowest BCUT2D eigenvalue weighted by atomic mass is 10.1. The Labute approximate surface area is 126 Å². The maximum atomic E-state index is 6.13. The summed E-state index contributed by atoms with van der Waals surface area (Å²) in [6, 6.07) is 16.3. The van der Waals surface area contributed by atoms with Crippen molar-refractivity contribution < 1.29 is 4.74 Å². The molecule has 0 radical (unpaired) electrons. The maximum absolute atomic E-state index is 6.13. The van der Waals surface area contributed by atoms with E-state index in [4.69, 9.17) is 16.2 Å². The van der Waals surface area contributed by atoms with Crippen molar-refractivity contribution in [3.63, 3.8) is 0 Å². The third kappa shape index (κ3) is 4.59. The van der Waals surface area contributed by atoms with E-state index in [2.05, 4.69) is 12.1 Å². The van der Waals surface area contributed by atoms with Crippen molar-refractivity contribution >= 4 is 0 Å². The molecule has 4 N–H and O–H groups in total. The van der Waals surface area contributed by atoms with Gasteiger partial charge >= 0.3 is 0 Å². The predicted molar refractivity (Wildman–Crippen MR) is 87.7 cm³/mol. The molecule has 0 spiro atoms. The first-order valence-corrected chi connectivity index (χ1v) is 7.41. The molecule has 0 heterocycles. The standard InChI is InChI=1S/C18H24N2O/c1-13(19)11-15-7-3-5-9-17(15)21-18-10-6-4-8-16(18)12-14(2)20/h3-10,13-14H,11-12,19-20H2,1-2H3. The number of rotatable bonds is 6. The van der Waals surface area contributed by atoms with Gasteiger partial charge in [0.15, 0.2) is 0 Å². The van der Waals surface area contributed by atoms with Gasteiger partial charge in [0.2, 0.25) is 0 Å². The van der Waals surface area contributed by atoms with E-state index in [1.807, 2.05) is 50.2 Å². The number of benzene rings is 2. The van der Waals surface area contributed by atoms with Crippen LogP contribution in [0.3, 0.4) is 0 Å². The summed E-state index contributed by atoms with van der Waals surface area (Å²) < 4.78 is 6.13. The summed E-state index contributed by atoms with van der Waals surface area (Å²) in [6.45, 7) is 4.00. The Kier molecular flexibility index (Phi) is 5.37. The monoisotopic (exact) mass is 284 g/mol. The highest BCUT2D eigenvalue weighted by molar-refractivity contribution is 5.42. The molecular formula is C18H24N2O. The van der Waals surface area contributed by atoms with Crippen LogP contribution < -0.4 is 16.2 Å². The second-order valence-corrected chi connectivity index (χ2v) is 5.68. The van der Waals surface area contributed by atoms with Gasteiger partial charge in [-0.15, -0.1) is 0 Å². The van der Waals surface area contributed by atoms with Crippen LogP contribution >= 0.6 is 0 Å². The van der Waals surface area contributed by atoms with E-state index in [9.17, 15) is 0 Å². The minimum Gasteiger partial charge on any atom is -0.457 e. The largest absolute Gasteiger partial charge is 0.457 e. The molecule has 0 saturated carbocycles. The molecule has 0 fully saturated rings. The van der Waals surface area contributed by atoms with Gasteiger partial charge in [-0.05, 0) is 49.9 Å². The van der Waals surface area contributed by atoms with Crippen molar-refractivity contribution in [1.29, 1.82) is 0 Å². The Morgan fingerprint density at radius 2 is 1.14 bits per heavy atom. The van der Waals surface area contributed by atoms with Crippen LogP contribution in [-0.2, 0) is 12.8 Å². The van der Waals surface area contributed by atoms with E-state index < -0.39 is 0 Å². The molecule has 0 aliphatic heterocycles. The summed E-state index contributed by atoms with van der Waals surface area (Å²) in [7, 11) is 0. The van der Waals surface area contributed by atoms with Crippen molar-refractivity contribution in [3.05, 3.63) is 59.7 Å². The second-order valence-electron chi connectivity index (χ2n) is 5.68. The molecular weight excluding hydrogens is 260 g/mol. The molecule has 21 heavy (non-hydrogen) atoms. The summed E-state index contributed by atoms with van der Waals surface area (Å²) in [6.07, 6.45) is 1.59. The highest BCUT2D eigenvalue weighted by Gasteiger charge is 2.10. The van der Waals surface area contributed by atoms with Crippen molar-refractivity contribution in [1.82, 2.24) is 0 Å². The van der Waals surface area contributed by atoms with Crippen LogP contribution in [0.2, 0.25) is 0 Å². The van der Waals surface area contributed by atoms with Gasteiger partial charge in [0.1, 0.15) is 11.5 Å². The van der Waals surface area contributed by atoms with Gasteiger partial charge in [-0.3, -0.25) is 0 Å². The fraction of sp³-hybridized carbons (Fsp3) is 0.333. The first kappa shape index (κ1) is 15.5. The van der Waals surface area contributed by atoms with Crippen LogP contribution in [0.15, 0.2) is 48.5 Å². The van der Waals surface area contributed by atoms with Gasteiger partial charge in [0.25, 0.3) is 0 Å². The van der Waals surface area contributed by atoms with Crippen LogP contribution in [-0.4, -0.2) is 12.1 Å². The molecule has 2 rings (SSSR count). The van der Waals surface area contributed by atoms with Crippen LogP contribution in [0.5, 0.6) is 11.5 Å². The molecule has 3 nitrogen and oxygen atoms in total. The summed E-state index contributed by atoms with van der Waals surface area (Å²) >= 11 is 0. The predicted octanol–water partition coefficient (Wildman–Crippen LogP) is 3.26. The number of hydrogen-bond donors (Lipinski definition) is 2. The maximum Gasteiger partial charge on any atom is 0.130 e. The summed E-state index contributed by atoms with van der Waals surface area (Å²) in [4.78, 5) is 0.